The van der Waals surface area contributed by atoms with E-state index in [4.69, 9.17) is 0 Å². The summed E-state index contributed by atoms with van der Waals surface area (Å²) in [7, 11) is 0. The Morgan fingerprint density at radius 2 is 1.82 bits per heavy atom. The second-order valence-corrected chi connectivity index (χ2v) is 7.76. The minimum Gasteiger partial charge on any atom is -0.272 e. The van der Waals surface area contributed by atoms with Crippen LogP contribution in [0.5, 0.6) is 0 Å². The van der Waals surface area contributed by atoms with Crippen LogP contribution in [0.1, 0.15) is 10.4 Å². The van der Waals surface area contributed by atoms with Crippen molar-refractivity contribution in [1.29, 1.82) is 0 Å². The lowest BCUT2D eigenvalue weighted by Gasteiger charge is -2.10. The van der Waals surface area contributed by atoms with E-state index in [1.807, 2.05) is 41.0 Å². The Bertz CT molecular complexity index is 1330. The summed E-state index contributed by atoms with van der Waals surface area (Å²) >= 11 is 1.14. The third-order valence-electron chi connectivity index (χ3n) is 4.53. The van der Waals surface area contributed by atoms with Gasteiger partial charge in [-0.05, 0) is 30.3 Å². The molecule has 2 N–H and O–H groups in total. The first-order valence-electron chi connectivity index (χ1n) is 9.90. The number of rotatable bonds is 7. The van der Waals surface area contributed by atoms with E-state index in [1.54, 1.807) is 18.5 Å². The highest BCUT2D eigenvalue weighted by Gasteiger charge is 2.18. The number of carbonyl (C=O) groups excluding carboxylic acids is 2. The fourth-order valence-corrected chi connectivity index (χ4v) is 3.73. The Morgan fingerprint density at radius 1 is 1.00 bits per heavy atom. The molecule has 0 saturated carbocycles. The number of non-ortho nitro benzene ring substituents is 1. The van der Waals surface area contributed by atoms with Gasteiger partial charge in [0.15, 0.2) is 11.0 Å². The second-order valence-electron chi connectivity index (χ2n) is 6.82. The van der Waals surface area contributed by atoms with Gasteiger partial charge in [0.25, 0.3) is 11.6 Å². The molecule has 0 saturated heterocycles. The minimum atomic E-state index is -0.673. The first kappa shape index (κ1) is 22.6. The lowest BCUT2D eigenvalue weighted by atomic mass is 10.2. The second kappa shape index (κ2) is 10.4. The molecule has 34 heavy (non-hydrogen) atoms. The molecule has 11 nitrogen and oxygen atoms in total. The maximum atomic E-state index is 12.3. The van der Waals surface area contributed by atoms with Gasteiger partial charge in [-0.1, -0.05) is 36.0 Å². The summed E-state index contributed by atoms with van der Waals surface area (Å²) in [4.78, 5) is 38.9. The lowest BCUT2D eigenvalue weighted by Crippen LogP contribution is -2.42. The standard InChI is InChI=1S/C22H17N7O4S/c30-19(24-26-21(31)15-6-4-10-18(12-15)29(32)33)14-34-22-27-25-20(16-7-5-11-23-13-16)28(22)17-8-2-1-3-9-17/h1-13H,14H2,(H,24,30)(H,26,31). The van der Waals surface area contributed by atoms with E-state index in [1.165, 1.54) is 18.2 Å². The van der Waals surface area contributed by atoms with Crippen LogP contribution >= 0.6 is 11.8 Å². The van der Waals surface area contributed by atoms with Crippen molar-refractivity contribution < 1.29 is 14.5 Å². The van der Waals surface area contributed by atoms with Gasteiger partial charge in [0.05, 0.1) is 10.7 Å². The van der Waals surface area contributed by atoms with Gasteiger partial charge in [0, 0.05) is 41.3 Å². The molecule has 2 heterocycles. The van der Waals surface area contributed by atoms with Crippen molar-refractivity contribution in [1.82, 2.24) is 30.6 Å². The number of aromatic nitrogens is 4. The normalized spacial score (nSPS) is 10.5. The largest absolute Gasteiger partial charge is 0.272 e. The highest BCUT2D eigenvalue weighted by molar-refractivity contribution is 7.99. The highest BCUT2D eigenvalue weighted by atomic mass is 32.2. The maximum Gasteiger partial charge on any atom is 0.270 e. The predicted octanol–water partition coefficient (Wildman–Crippen LogP) is 2.79. The summed E-state index contributed by atoms with van der Waals surface area (Å²) in [5, 5.41) is 19.8. The van der Waals surface area contributed by atoms with Gasteiger partial charge in [-0.2, -0.15) is 0 Å². The number of nitro benzene ring substituents is 1. The zero-order valence-corrected chi connectivity index (χ0v) is 18.3. The molecule has 0 aliphatic rings. The van der Waals surface area contributed by atoms with Gasteiger partial charge in [0.2, 0.25) is 5.91 Å². The number of amides is 2. The average molecular weight is 475 g/mol. The van der Waals surface area contributed by atoms with Crippen molar-refractivity contribution in [3.63, 3.8) is 0 Å². The molecule has 2 aromatic heterocycles. The number of benzene rings is 2. The molecular weight excluding hydrogens is 458 g/mol. The van der Waals surface area contributed by atoms with E-state index in [0.29, 0.717) is 11.0 Å². The molecule has 12 heteroatoms. The third-order valence-corrected chi connectivity index (χ3v) is 5.46. The van der Waals surface area contributed by atoms with Gasteiger partial charge in [0.1, 0.15) is 0 Å². The number of nitro groups is 1. The molecule has 4 rings (SSSR count). The first-order valence-corrected chi connectivity index (χ1v) is 10.9. The lowest BCUT2D eigenvalue weighted by molar-refractivity contribution is -0.384. The van der Waals surface area contributed by atoms with Crippen molar-refractivity contribution in [3.8, 4) is 17.1 Å². The molecule has 0 aliphatic carbocycles. The van der Waals surface area contributed by atoms with Crippen LogP contribution < -0.4 is 10.9 Å². The maximum absolute atomic E-state index is 12.3. The van der Waals surface area contributed by atoms with E-state index in [0.717, 1.165) is 29.1 Å². The van der Waals surface area contributed by atoms with Crippen LogP contribution in [-0.4, -0.2) is 42.2 Å². The molecule has 0 aliphatic heterocycles. The third kappa shape index (κ3) is 5.24. The molecule has 170 valence electrons. The van der Waals surface area contributed by atoms with Crippen LogP contribution in [-0.2, 0) is 4.79 Å². The van der Waals surface area contributed by atoms with Crippen LogP contribution in [0.3, 0.4) is 0 Å². The van der Waals surface area contributed by atoms with Crippen molar-refractivity contribution in [2.24, 2.45) is 0 Å². The number of hydrogen-bond acceptors (Lipinski definition) is 8. The van der Waals surface area contributed by atoms with Crippen molar-refractivity contribution in [3.05, 3.63) is 94.8 Å². The van der Waals surface area contributed by atoms with Crippen LogP contribution in [0.4, 0.5) is 5.69 Å². The monoisotopic (exact) mass is 475 g/mol. The SMILES string of the molecule is O=C(CSc1nnc(-c2cccnc2)n1-c1ccccc1)NNC(=O)c1cccc([N+](=O)[O-])c1. The van der Waals surface area contributed by atoms with E-state index >= 15 is 0 Å². The number of hydrogen-bond donors (Lipinski definition) is 2. The van der Waals surface area contributed by atoms with E-state index < -0.39 is 16.7 Å². The topological polar surface area (TPSA) is 145 Å². The summed E-state index contributed by atoms with van der Waals surface area (Å²) in [5.41, 5.74) is 5.96. The van der Waals surface area contributed by atoms with Crippen LogP contribution in [0.25, 0.3) is 17.1 Å². The zero-order chi connectivity index (χ0) is 23.9. The summed E-state index contributed by atoms with van der Waals surface area (Å²) < 4.78 is 1.82. The van der Waals surface area contributed by atoms with E-state index in [-0.39, 0.29) is 17.0 Å². The Kier molecular flexibility index (Phi) is 6.89. The highest BCUT2D eigenvalue weighted by Crippen LogP contribution is 2.27. The summed E-state index contributed by atoms with van der Waals surface area (Å²) in [5.74, 6) is -0.656. The van der Waals surface area contributed by atoms with Crippen LogP contribution in [0.15, 0.2) is 84.3 Å². The van der Waals surface area contributed by atoms with Gasteiger partial charge >= 0.3 is 0 Å². The Labute approximate surface area is 197 Å². The number of hydrazine groups is 1. The van der Waals surface area contributed by atoms with Crippen LogP contribution in [0.2, 0.25) is 0 Å². The minimum absolute atomic E-state index is 0.0482. The van der Waals surface area contributed by atoms with Crippen molar-refractivity contribution in [2.75, 3.05) is 5.75 Å². The molecule has 2 amide bonds. The molecule has 0 bridgehead atoms. The summed E-state index contributed by atoms with van der Waals surface area (Å²) in [6, 6.07) is 18.3. The smallest absolute Gasteiger partial charge is 0.270 e. The molecule has 4 aromatic rings. The summed E-state index contributed by atoms with van der Waals surface area (Å²) in [6.45, 7) is 0. The molecule has 2 aromatic carbocycles. The Hall–Kier alpha value is -4.58. The van der Waals surface area contributed by atoms with Gasteiger partial charge in [-0.25, -0.2) is 0 Å². The predicted molar refractivity (Wildman–Crippen MR) is 124 cm³/mol. The number of nitrogens with zero attached hydrogens (tertiary/aromatic N) is 5. The molecular formula is C22H17N7O4S. The summed E-state index contributed by atoms with van der Waals surface area (Å²) in [6.07, 6.45) is 3.34. The number of nitrogens with one attached hydrogen (secondary N) is 2. The fourth-order valence-electron chi connectivity index (χ4n) is 2.98. The van der Waals surface area contributed by atoms with E-state index in [2.05, 4.69) is 26.0 Å². The number of thioether (sulfide) groups is 1. The number of carbonyl (C=O) groups is 2. The number of pyridine rings is 1. The molecule has 0 radical (unpaired) electrons. The molecule has 0 spiro atoms. The van der Waals surface area contributed by atoms with Crippen molar-refractivity contribution in [2.45, 2.75) is 5.16 Å². The van der Waals surface area contributed by atoms with Gasteiger partial charge < -0.3 is 0 Å². The zero-order valence-electron chi connectivity index (χ0n) is 17.5. The number of para-hydroxylation sites is 1. The molecule has 0 fully saturated rings. The Balaban J connectivity index is 1.44. The van der Waals surface area contributed by atoms with Gasteiger partial charge in [-0.3, -0.25) is 40.1 Å². The van der Waals surface area contributed by atoms with Crippen molar-refractivity contribution >= 4 is 29.3 Å². The fraction of sp³-hybridized carbons (Fsp3) is 0.0455. The van der Waals surface area contributed by atoms with E-state index in [9.17, 15) is 19.7 Å². The van der Waals surface area contributed by atoms with Gasteiger partial charge in [-0.15, -0.1) is 10.2 Å². The Morgan fingerprint density at radius 3 is 2.56 bits per heavy atom. The quantitative estimate of drug-likeness (QED) is 0.236. The van der Waals surface area contributed by atoms with Crippen LogP contribution in [0, 0.1) is 10.1 Å². The molecule has 0 atom stereocenters. The first-order chi connectivity index (χ1) is 16.5. The molecule has 0 unspecified atom stereocenters. The average Bonchev–Trinajstić information content (AvgIpc) is 3.31.